The molecular formula is C21H38IN7O2. The number of halogens is 1. The Labute approximate surface area is 203 Å². The molecule has 2 fully saturated rings. The minimum atomic E-state index is 0. The van der Waals surface area contributed by atoms with Crippen molar-refractivity contribution in [3.05, 3.63) is 11.7 Å². The van der Waals surface area contributed by atoms with Crippen LogP contribution in [0.25, 0.3) is 0 Å². The molecule has 2 aliphatic rings. The summed E-state index contributed by atoms with van der Waals surface area (Å²) in [4.78, 5) is 28.0. The lowest BCUT2D eigenvalue weighted by Gasteiger charge is -2.36. The average molecular weight is 547 g/mol. The van der Waals surface area contributed by atoms with Gasteiger partial charge in [-0.25, -0.2) is 0 Å². The van der Waals surface area contributed by atoms with E-state index in [-0.39, 0.29) is 35.8 Å². The molecule has 0 bridgehead atoms. The Bertz CT molecular complexity index is 694. The van der Waals surface area contributed by atoms with Gasteiger partial charge in [-0.1, -0.05) is 31.8 Å². The zero-order valence-electron chi connectivity index (χ0n) is 19.2. The molecule has 0 aliphatic carbocycles. The second kappa shape index (κ2) is 13.2. The van der Waals surface area contributed by atoms with E-state index in [4.69, 9.17) is 4.52 Å². The number of piperazine rings is 1. The molecule has 1 amide bonds. The summed E-state index contributed by atoms with van der Waals surface area (Å²) in [6.07, 6.45) is 5.46. The first-order chi connectivity index (χ1) is 14.6. The number of rotatable bonds is 6. The SMILES string of the molecule is CN=C(NCCc1nc(C(C)C)no1)N1CCN(CC(=O)N2CCCCCC2)CC1.I. The third-order valence-corrected chi connectivity index (χ3v) is 5.82. The lowest BCUT2D eigenvalue weighted by atomic mass is 10.2. The molecule has 0 aromatic carbocycles. The summed E-state index contributed by atoms with van der Waals surface area (Å²) in [6, 6.07) is 0. The number of aromatic nitrogens is 2. The molecule has 0 radical (unpaired) electrons. The van der Waals surface area contributed by atoms with Gasteiger partial charge in [-0.15, -0.1) is 24.0 Å². The second-order valence-electron chi connectivity index (χ2n) is 8.48. The maximum Gasteiger partial charge on any atom is 0.236 e. The smallest absolute Gasteiger partial charge is 0.236 e. The van der Waals surface area contributed by atoms with Gasteiger partial charge in [0.15, 0.2) is 11.8 Å². The van der Waals surface area contributed by atoms with Gasteiger partial charge >= 0.3 is 0 Å². The van der Waals surface area contributed by atoms with Crippen molar-refractivity contribution in [1.82, 2.24) is 30.2 Å². The number of hydrogen-bond donors (Lipinski definition) is 1. The molecule has 0 spiro atoms. The molecule has 31 heavy (non-hydrogen) atoms. The van der Waals surface area contributed by atoms with E-state index >= 15 is 0 Å². The molecular weight excluding hydrogens is 509 g/mol. The molecule has 0 unspecified atom stereocenters. The Balaban J connectivity index is 0.00000341. The van der Waals surface area contributed by atoms with E-state index in [1.165, 1.54) is 12.8 Å². The predicted molar refractivity (Wildman–Crippen MR) is 132 cm³/mol. The summed E-state index contributed by atoms with van der Waals surface area (Å²) in [6.45, 7) is 10.7. The number of carbonyl (C=O) groups is 1. The topological polar surface area (TPSA) is 90.1 Å². The Hall–Kier alpha value is -1.43. The van der Waals surface area contributed by atoms with E-state index in [2.05, 4.69) is 49.0 Å². The Morgan fingerprint density at radius 1 is 1.06 bits per heavy atom. The highest BCUT2D eigenvalue weighted by atomic mass is 127. The number of nitrogens with zero attached hydrogens (tertiary/aromatic N) is 6. The monoisotopic (exact) mass is 547 g/mol. The van der Waals surface area contributed by atoms with Crippen molar-refractivity contribution < 1.29 is 9.32 Å². The Morgan fingerprint density at radius 2 is 1.74 bits per heavy atom. The fourth-order valence-electron chi connectivity index (χ4n) is 3.95. The second-order valence-corrected chi connectivity index (χ2v) is 8.48. The predicted octanol–water partition coefficient (Wildman–Crippen LogP) is 1.95. The summed E-state index contributed by atoms with van der Waals surface area (Å²) in [5.74, 6) is 2.84. The number of hydrogen-bond acceptors (Lipinski definition) is 6. The summed E-state index contributed by atoms with van der Waals surface area (Å²) >= 11 is 0. The van der Waals surface area contributed by atoms with Crippen molar-refractivity contribution in [2.24, 2.45) is 4.99 Å². The number of likely N-dealkylation sites (tertiary alicyclic amines) is 1. The first kappa shape index (κ1) is 25.8. The molecule has 176 valence electrons. The van der Waals surface area contributed by atoms with Crippen LogP contribution >= 0.6 is 24.0 Å². The van der Waals surface area contributed by atoms with Crippen LogP contribution in [0.15, 0.2) is 9.52 Å². The van der Waals surface area contributed by atoms with Gasteiger partial charge in [0, 0.05) is 65.2 Å². The molecule has 1 N–H and O–H groups in total. The maximum absolute atomic E-state index is 12.6. The third-order valence-electron chi connectivity index (χ3n) is 5.82. The van der Waals surface area contributed by atoms with Gasteiger partial charge in [0.05, 0.1) is 6.54 Å². The van der Waals surface area contributed by atoms with Gasteiger partial charge < -0.3 is 19.6 Å². The Kier molecular flexibility index (Phi) is 11.0. The van der Waals surface area contributed by atoms with E-state index in [1.54, 1.807) is 7.05 Å². The van der Waals surface area contributed by atoms with Crippen LogP contribution in [0.1, 0.15) is 57.2 Å². The van der Waals surface area contributed by atoms with Gasteiger partial charge in [-0.2, -0.15) is 4.98 Å². The highest BCUT2D eigenvalue weighted by Gasteiger charge is 2.23. The van der Waals surface area contributed by atoms with Crippen molar-refractivity contribution in [3.63, 3.8) is 0 Å². The molecule has 1 aromatic heterocycles. The molecule has 2 aliphatic heterocycles. The normalized spacial score (nSPS) is 18.6. The van der Waals surface area contributed by atoms with Gasteiger partial charge in [-0.3, -0.25) is 14.7 Å². The van der Waals surface area contributed by atoms with Crippen molar-refractivity contribution in [1.29, 1.82) is 0 Å². The molecule has 2 saturated heterocycles. The number of carbonyl (C=O) groups excluding carboxylic acids is 1. The van der Waals surface area contributed by atoms with Crippen molar-refractivity contribution >= 4 is 35.8 Å². The molecule has 3 rings (SSSR count). The minimum absolute atomic E-state index is 0. The number of guanidine groups is 1. The van der Waals surface area contributed by atoms with Crippen molar-refractivity contribution in [3.8, 4) is 0 Å². The van der Waals surface area contributed by atoms with Crippen LogP contribution in [0, 0.1) is 0 Å². The summed E-state index contributed by atoms with van der Waals surface area (Å²) < 4.78 is 5.30. The van der Waals surface area contributed by atoms with Crippen LogP contribution < -0.4 is 5.32 Å². The van der Waals surface area contributed by atoms with Crippen LogP contribution in [0.4, 0.5) is 0 Å². The quantitative estimate of drug-likeness (QED) is 0.331. The van der Waals surface area contributed by atoms with Crippen molar-refractivity contribution in [2.45, 2.75) is 51.9 Å². The maximum atomic E-state index is 12.6. The van der Waals surface area contributed by atoms with Crippen LogP contribution in [0.3, 0.4) is 0 Å². The molecule has 9 nitrogen and oxygen atoms in total. The van der Waals surface area contributed by atoms with Crippen LogP contribution in [-0.2, 0) is 11.2 Å². The summed E-state index contributed by atoms with van der Waals surface area (Å²) in [5, 5.41) is 7.40. The highest BCUT2D eigenvalue weighted by molar-refractivity contribution is 14.0. The number of amides is 1. The van der Waals surface area contributed by atoms with Gasteiger partial charge in [-0.05, 0) is 12.8 Å². The highest BCUT2D eigenvalue weighted by Crippen LogP contribution is 2.11. The standard InChI is InChI=1S/C21H37N7O2.HI/c1-17(2)20-24-18(30-25-20)8-9-23-21(22-3)28-14-12-26(13-15-28)16-19(29)27-10-6-4-5-7-11-27;/h17H,4-16H2,1-3H3,(H,22,23);1H. The fraction of sp³-hybridized carbons (Fsp3) is 0.810. The van der Waals surface area contributed by atoms with Gasteiger partial charge in [0.2, 0.25) is 11.8 Å². The fourth-order valence-corrected chi connectivity index (χ4v) is 3.95. The molecule has 0 saturated carbocycles. The van der Waals surface area contributed by atoms with E-state index in [0.29, 0.717) is 25.4 Å². The Morgan fingerprint density at radius 3 is 2.32 bits per heavy atom. The van der Waals surface area contributed by atoms with Gasteiger partial charge in [0.1, 0.15) is 0 Å². The van der Waals surface area contributed by atoms with E-state index < -0.39 is 0 Å². The molecule has 3 heterocycles. The molecule has 0 atom stereocenters. The zero-order valence-corrected chi connectivity index (χ0v) is 21.5. The van der Waals surface area contributed by atoms with E-state index in [9.17, 15) is 4.79 Å². The van der Waals surface area contributed by atoms with E-state index in [1.807, 2.05) is 0 Å². The summed E-state index contributed by atoms with van der Waals surface area (Å²) in [7, 11) is 1.81. The third kappa shape index (κ3) is 7.89. The lowest BCUT2D eigenvalue weighted by molar-refractivity contribution is -0.132. The first-order valence-electron chi connectivity index (χ1n) is 11.3. The number of nitrogens with one attached hydrogen (secondary N) is 1. The minimum Gasteiger partial charge on any atom is -0.356 e. The van der Waals surface area contributed by atoms with Crippen LogP contribution in [0.2, 0.25) is 0 Å². The van der Waals surface area contributed by atoms with Gasteiger partial charge in [0.25, 0.3) is 0 Å². The molecule has 1 aromatic rings. The lowest BCUT2D eigenvalue weighted by Crippen LogP contribution is -2.54. The van der Waals surface area contributed by atoms with Crippen molar-refractivity contribution in [2.75, 3.05) is 59.4 Å². The average Bonchev–Trinajstić information content (AvgIpc) is 3.05. The number of aliphatic imine (C=N–C) groups is 1. The van der Waals surface area contributed by atoms with Crippen LogP contribution in [-0.4, -0.2) is 96.1 Å². The first-order valence-corrected chi connectivity index (χ1v) is 11.3. The van der Waals surface area contributed by atoms with E-state index in [0.717, 1.165) is 63.9 Å². The summed E-state index contributed by atoms with van der Waals surface area (Å²) in [5.41, 5.74) is 0. The zero-order chi connectivity index (χ0) is 21.3. The molecule has 10 heteroatoms. The largest absolute Gasteiger partial charge is 0.356 e. The van der Waals surface area contributed by atoms with Crippen LogP contribution in [0.5, 0.6) is 0 Å².